The minimum atomic E-state index is -2.73. The number of likely N-dealkylation sites (tertiary alicyclic amines) is 1. The number of nitrogens with zero attached hydrogens (tertiary/aromatic N) is 2. The van der Waals surface area contributed by atoms with Crippen LogP contribution in [0, 0.1) is 11.8 Å². The van der Waals surface area contributed by atoms with E-state index < -0.39 is 12.0 Å². The molecule has 1 amide bonds. The van der Waals surface area contributed by atoms with Gasteiger partial charge in [-0.1, -0.05) is 0 Å². The van der Waals surface area contributed by atoms with Gasteiger partial charge < -0.3 is 9.80 Å². The number of hydrogen-bond donors (Lipinski definition) is 1. The molecule has 2 atom stereocenters. The molecule has 2 aliphatic heterocycles. The predicted octanol–water partition coefficient (Wildman–Crippen LogP) is 2.02. The van der Waals surface area contributed by atoms with Crippen molar-refractivity contribution >= 4 is 30.7 Å². The first-order chi connectivity index (χ1) is 9.93. The maximum atomic E-state index is 13.2. The predicted molar refractivity (Wildman–Crippen MR) is 90.8 cm³/mol. The number of halogens is 4. The smallest absolute Gasteiger partial charge is 0.262 e. The van der Waals surface area contributed by atoms with Gasteiger partial charge in [0.15, 0.2) is 0 Å². The van der Waals surface area contributed by atoms with Crippen molar-refractivity contribution in [2.75, 3.05) is 39.8 Å². The highest BCUT2D eigenvalue weighted by Gasteiger charge is 2.44. The Labute approximate surface area is 149 Å². The van der Waals surface area contributed by atoms with Crippen molar-refractivity contribution < 1.29 is 13.6 Å². The van der Waals surface area contributed by atoms with Crippen LogP contribution in [0.3, 0.4) is 0 Å². The Hall–Kier alpha value is -0.170. The molecule has 0 aromatic carbocycles. The molecule has 1 aliphatic carbocycles. The minimum Gasteiger partial charge on any atom is -0.341 e. The molecule has 0 bridgehead atoms. The molecular weight excluding hydrogens is 347 g/mol. The van der Waals surface area contributed by atoms with E-state index in [1.165, 1.54) is 12.8 Å². The van der Waals surface area contributed by atoms with Crippen LogP contribution in [-0.4, -0.2) is 67.4 Å². The second kappa shape index (κ2) is 8.28. The van der Waals surface area contributed by atoms with Crippen molar-refractivity contribution in [2.24, 2.45) is 11.8 Å². The summed E-state index contributed by atoms with van der Waals surface area (Å²) in [6.45, 7) is 3.22. The largest absolute Gasteiger partial charge is 0.341 e. The summed E-state index contributed by atoms with van der Waals surface area (Å²) in [7, 11) is 2.14. The number of rotatable bonds is 5. The van der Waals surface area contributed by atoms with Crippen LogP contribution in [0.4, 0.5) is 8.78 Å². The lowest BCUT2D eigenvalue weighted by Crippen LogP contribution is -2.42. The lowest BCUT2D eigenvalue weighted by Gasteiger charge is -2.23. The quantitative estimate of drug-likeness (QED) is 0.800. The van der Waals surface area contributed by atoms with E-state index in [0.717, 1.165) is 32.0 Å². The zero-order chi connectivity index (χ0) is 15.0. The van der Waals surface area contributed by atoms with Gasteiger partial charge in [0, 0.05) is 32.6 Å². The maximum absolute atomic E-state index is 13.2. The van der Waals surface area contributed by atoms with Gasteiger partial charge in [-0.25, -0.2) is 8.78 Å². The molecule has 0 radical (unpaired) electrons. The summed E-state index contributed by atoms with van der Waals surface area (Å²) < 4.78 is 26.4. The molecule has 2 heterocycles. The first kappa shape index (κ1) is 20.9. The van der Waals surface area contributed by atoms with E-state index in [1.54, 1.807) is 4.90 Å². The summed E-state index contributed by atoms with van der Waals surface area (Å²) in [5.41, 5.74) is 0. The highest BCUT2D eigenvalue weighted by atomic mass is 35.5. The Kier molecular flexibility index (Phi) is 7.51. The summed E-state index contributed by atoms with van der Waals surface area (Å²) in [5.74, 6) is -1.51. The van der Waals surface area contributed by atoms with Crippen molar-refractivity contribution in [3.63, 3.8) is 0 Å². The van der Waals surface area contributed by atoms with Gasteiger partial charge in [-0.3, -0.25) is 10.1 Å². The van der Waals surface area contributed by atoms with Crippen LogP contribution in [0.25, 0.3) is 0 Å². The van der Waals surface area contributed by atoms with Crippen molar-refractivity contribution in [2.45, 2.75) is 37.6 Å². The van der Waals surface area contributed by atoms with Crippen molar-refractivity contribution in [3.05, 3.63) is 0 Å². The van der Waals surface area contributed by atoms with Crippen LogP contribution in [0.2, 0.25) is 0 Å². The van der Waals surface area contributed by atoms with E-state index in [2.05, 4.69) is 17.3 Å². The fraction of sp³-hybridized carbons (Fsp3) is 0.933. The van der Waals surface area contributed by atoms with Gasteiger partial charge in [0.2, 0.25) is 5.91 Å². The molecule has 4 nitrogen and oxygen atoms in total. The molecule has 1 N–H and O–H groups in total. The van der Waals surface area contributed by atoms with E-state index in [9.17, 15) is 13.6 Å². The normalized spacial score (nSPS) is 29.3. The molecule has 3 fully saturated rings. The molecule has 136 valence electrons. The van der Waals surface area contributed by atoms with Gasteiger partial charge in [-0.2, -0.15) is 0 Å². The van der Waals surface area contributed by atoms with Crippen LogP contribution >= 0.6 is 24.8 Å². The molecule has 3 aliphatic rings. The lowest BCUT2D eigenvalue weighted by atomic mass is 10.1. The van der Waals surface area contributed by atoms with Crippen molar-refractivity contribution in [3.8, 4) is 0 Å². The maximum Gasteiger partial charge on any atom is 0.262 e. The van der Waals surface area contributed by atoms with Gasteiger partial charge in [-0.05, 0) is 38.1 Å². The molecule has 2 unspecified atom stereocenters. The summed E-state index contributed by atoms with van der Waals surface area (Å²) >= 11 is 0. The van der Waals surface area contributed by atoms with Crippen LogP contribution in [0.1, 0.15) is 25.7 Å². The number of carbonyl (C=O) groups excluding carboxylic acids is 1. The summed E-state index contributed by atoms with van der Waals surface area (Å²) in [6.07, 6.45) is 3.33. The second-order valence-corrected chi connectivity index (χ2v) is 7.10. The topological polar surface area (TPSA) is 35.6 Å². The highest BCUT2D eigenvalue weighted by molar-refractivity contribution is 5.85. The number of carbonyl (C=O) groups is 1. The molecule has 2 saturated heterocycles. The second-order valence-electron chi connectivity index (χ2n) is 7.10. The number of nitrogens with one attached hydrogen (secondary N) is 1. The monoisotopic (exact) mass is 373 g/mol. The van der Waals surface area contributed by atoms with Crippen molar-refractivity contribution in [1.29, 1.82) is 0 Å². The van der Waals surface area contributed by atoms with Gasteiger partial charge >= 0.3 is 0 Å². The Morgan fingerprint density at radius 1 is 1.22 bits per heavy atom. The van der Waals surface area contributed by atoms with Gasteiger partial charge in [0.1, 0.15) is 0 Å². The van der Waals surface area contributed by atoms with Crippen LogP contribution in [0.5, 0.6) is 0 Å². The third-order valence-corrected chi connectivity index (χ3v) is 4.84. The van der Waals surface area contributed by atoms with E-state index in [0.29, 0.717) is 12.5 Å². The number of hydrogen-bond acceptors (Lipinski definition) is 3. The zero-order valence-corrected chi connectivity index (χ0v) is 15.1. The SMILES string of the molecule is CN(CC1CC1)CC1CCN(C(=O)C2CC(F)(F)CN2)C1.Cl.Cl. The summed E-state index contributed by atoms with van der Waals surface area (Å²) in [4.78, 5) is 16.4. The zero-order valence-electron chi connectivity index (χ0n) is 13.5. The molecule has 0 aromatic heterocycles. The van der Waals surface area contributed by atoms with Crippen molar-refractivity contribution in [1.82, 2.24) is 15.1 Å². The average molecular weight is 374 g/mol. The molecule has 3 rings (SSSR count). The van der Waals surface area contributed by atoms with Crippen LogP contribution in [-0.2, 0) is 4.79 Å². The van der Waals surface area contributed by atoms with E-state index in [-0.39, 0.29) is 43.7 Å². The molecule has 0 spiro atoms. The van der Waals surface area contributed by atoms with Crippen LogP contribution in [0.15, 0.2) is 0 Å². The van der Waals surface area contributed by atoms with E-state index in [1.807, 2.05) is 0 Å². The Morgan fingerprint density at radius 3 is 2.43 bits per heavy atom. The van der Waals surface area contributed by atoms with Gasteiger partial charge in [-0.15, -0.1) is 24.8 Å². The fourth-order valence-corrected chi connectivity index (χ4v) is 3.55. The molecular formula is C15H27Cl2F2N3O. The molecule has 8 heteroatoms. The Bertz CT molecular complexity index is 410. The first-order valence-corrected chi connectivity index (χ1v) is 8.01. The van der Waals surface area contributed by atoms with Crippen LogP contribution < -0.4 is 5.32 Å². The third-order valence-electron chi connectivity index (χ3n) is 4.84. The molecule has 0 aromatic rings. The Balaban J connectivity index is 0.00000132. The molecule has 23 heavy (non-hydrogen) atoms. The minimum absolute atomic E-state index is 0. The highest BCUT2D eigenvalue weighted by Crippen LogP contribution is 2.30. The van der Waals surface area contributed by atoms with E-state index in [4.69, 9.17) is 0 Å². The number of alkyl halides is 2. The average Bonchev–Trinajstić information content (AvgIpc) is 2.96. The van der Waals surface area contributed by atoms with E-state index >= 15 is 0 Å². The lowest BCUT2D eigenvalue weighted by molar-refractivity contribution is -0.132. The first-order valence-electron chi connectivity index (χ1n) is 8.01. The molecule has 1 saturated carbocycles. The van der Waals surface area contributed by atoms with Gasteiger partial charge in [0.05, 0.1) is 12.6 Å². The third kappa shape index (κ3) is 5.69. The van der Waals surface area contributed by atoms with Gasteiger partial charge in [0.25, 0.3) is 5.92 Å². The fourth-order valence-electron chi connectivity index (χ4n) is 3.55. The number of amides is 1. The summed E-state index contributed by atoms with van der Waals surface area (Å²) in [6, 6.07) is -0.692. The standard InChI is InChI=1S/C15H25F2N3O.2ClH/c1-19(7-11-2-3-11)8-12-4-5-20(9-12)14(21)13-6-15(16,17)10-18-13;;/h11-13,18H,2-10H2,1H3;2*1H. The summed E-state index contributed by atoms with van der Waals surface area (Å²) in [5, 5.41) is 2.66. The Morgan fingerprint density at radius 2 is 1.87 bits per heavy atom.